The molecule has 0 saturated heterocycles. The highest BCUT2D eigenvalue weighted by atomic mass is 35.5. The van der Waals surface area contributed by atoms with Crippen LogP contribution in [0.3, 0.4) is 0 Å². The molecule has 5 heteroatoms. The highest BCUT2D eigenvalue weighted by Gasteiger charge is 2.20. The van der Waals surface area contributed by atoms with Crippen molar-refractivity contribution in [1.82, 2.24) is 9.97 Å². The third-order valence-corrected chi connectivity index (χ3v) is 4.17. The van der Waals surface area contributed by atoms with E-state index >= 15 is 0 Å². The number of rotatable bonds is 4. The second-order valence-electron chi connectivity index (χ2n) is 5.74. The average Bonchev–Trinajstić information content (AvgIpc) is 2.81. The number of hydrogen-bond donors (Lipinski definition) is 1. The van der Waals surface area contributed by atoms with Gasteiger partial charge in [0.2, 0.25) is 0 Å². The Morgan fingerprint density at radius 1 is 1.30 bits per heavy atom. The molecule has 2 aromatic heterocycles. The Kier molecular flexibility index (Phi) is 4.66. The van der Waals surface area contributed by atoms with E-state index in [-0.39, 0.29) is 5.41 Å². The van der Waals surface area contributed by atoms with Gasteiger partial charge in [-0.3, -0.25) is 0 Å². The maximum atomic E-state index is 6.23. The van der Waals surface area contributed by atoms with Crippen LogP contribution in [0.4, 0.5) is 5.82 Å². The first kappa shape index (κ1) is 15.3. The van der Waals surface area contributed by atoms with Crippen molar-refractivity contribution in [3.8, 4) is 10.6 Å². The molecule has 0 unspecified atom stereocenters. The Morgan fingerprint density at radius 2 is 2.05 bits per heavy atom. The van der Waals surface area contributed by atoms with Crippen molar-refractivity contribution in [1.29, 1.82) is 0 Å². The number of anilines is 1. The summed E-state index contributed by atoms with van der Waals surface area (Å²) in [5.74, 6) is 1.70. The van der Waals surface area contributed by atoms with Crippen LogP contribution in [0.5, 0.6) is 0 Å². The number of aromatic nitrogens is 2. The molecule has 0 amide bonds. The van der Waals surface area contributed by atoms with Gasteiger partial charge in [0.05, 0.1) is 15.6 Å². The molecule has 0 aliphatic heterocycles. The lowest BCUT2D eigenvalue weighted by Crippen LogP contribution is -2.18. The first-order valence-electron chi connectivity index (χ1n) is 6.78. The minimum absolute atomic E-state index is 0.0949. The first-order chi connectivity index (χ1) is 9.41. The lowest BCUT2D eigenvalue weighted by atomic mass is 9.95. The SMILES string of the molecule is CCCNc1cc(-c2sccc2Cl)nc(C(C)(C)C)n1. The van der Waals surface area contributed by atoms with Crippen LogP contribution in [0.1, 0.15) is 39.9 Å². The molecule has 2 heterocycles. The van der Waals surface area contributed by atoms with Crippen molar-refractivity contribution in [3.05, 3.63) is 28.4 Å². The summed E-state index contributed by atoms with van der Waals surface area (Å²) in [5.41, 5.74) is 0.797. The molecule has 20 heavy (non-hydrogen) atoms. The van der Waals surface area contributed by atoms with Gasteiger partial charge in [0, 0.05) is 18.0 Å². The normalized spacial score (nSPS) is 11.7. The Morgan fingerprint density at radius 3 is 2.60 bits per heavy atom. The topological polar surface area (TPSA) is 37.8 Å². The van der Waals surface area contributed by atoms with Crippen molar-refractivity contribution in [3.63, 3.8) is 0 Å². The van der Waals surface area contributed by atoms with E-state index in [0.29, 0.717) is 0 Å². The van der Waals surface area contributed by atoms with Crippen LogP contribution in [0.2, 0.25) is 5.02 Å². The molecule has 0 saturated carbocycles. The number of thiophene rings is 1. The third-order valence-electron chi connectivity index (χ3n) is 2.80. The second-order valence-corrected chi connectivity index (χ2v) is 7.06. The van der Waals surface area contributed by atoms with E-state index in [0.717, 1.165) is 40.2 Å². The fourth-order valence-corrected chi connectivity index (χ4v) is 2.83. The maximum absolute atomic E-state index is 6.23. The molecule has 2 aromatic rings. The first-order valence-corrected chi connectivity index (χ1v) is 8.04. The Hall–Kier alpha value is -1.13. The summed E-state index contributed by atoms with van der Waals surface area (Å²) in [5, 5.41) is 6.07. The fourth-order valence-electron chi connectivity index (χ4n) is 1.72. The predicted molar refractivity (Wildman–Crippen MR) is 87.8 cm³/mol. The monoisotopic (exact) mass is 309 g/mol. The number of halogens is 1. The average molecular weight is 310 g/mol. The Labute approximate surface area is 129 Å². The largest absolute Gasteiger partial charge is 0.370 e. The number of nitrogens with zero attached hydrogens (tertiary/aromatic N) is 2. The van der Waals surface area contributed by atoms with E-state index in [9.17, 15) is 0 Å². The van der Waals surface area contributed by atoms with Gasteiger partial charge in [-0.2, -0.15) is 0 Å². The van der Waals surface area contributed by atoms with Gasteiger partial charge in [-0.1, -0.05) is 39.3 Å². The highest BCUT2D eigenvalue weighted by molar-refractivity contribution is 7.14. The third kappa shape index (κ3) is 3.49. The van der Waals surface area contributed by atoms with E-state index in [1.807, 2.05) is 17.5 Å². The minimum Gasteiger partial charge on any atom is -0.370 e. The summed E-state index contributed by atoms with van der Waals surface area (Å²) < 4.78 is 0. The van der Waals surface area contributed by atoms with Gasteiger partial charge in [-0.05, 0) is 17.9 Å². The molecule has 0 aromatic carbocycles. The summed E-state index contributed by atoms with van der Waals surface area (Å²) in [4.78, 5) is 10.3. The molecule has 0 spiro atoms. The molecule has 0 aliphatic carbocycles. The van der Waals surface area contributed by atoms with Gasteiger partial charge >= 0.3 is 0 Å². The quantitative estimate of drug-likeness (QED) is 0.865. The van der Waals surface area contributed by atoms with Gasteiger partial charge in [-0.15, -0.1) is 11.3 Å². The van der Waals surface area contributed by atoms with Crippen molar-refractivity contribution in [2.45, 2.75) is 39.5 Å². The predicted octanol–water partition coefficient (Wildman–Crippen LogP) is 4.98. The summed E-state index contributed by atoms with van der Waals surface area (Å²) in [6.45, 7) is 9.39. The van der Waals surface area contributed by atoms with Crippen LogP contribution in [0, 0.1) is 0 Å². The van der Waals surface area contributed by atoms with Crippen molar-refractivity contribution in [2.75, 3.05) is 11.9 Å². The van der Waals surface area contributed by atoms with Gasteiger partial charge in [0.15, 0.2) is 0 Å². The molecule has 2 rings (SSSR count). The Bertz CT molecular complexity index is 587. The highest BCUT2D eigenvalue weighted by Crippen LogP contribution is 2.34. The molecule has 0 fully saturated rings. The van der Waals surface area contributed by atoms with Crippen LogP contribution >= 0.6 is 22.9 Å². The van der Waals surface area contributed by atoms with Gasteiger partial charge in [-0.25, -0.2) is 9.97 Å². The lowest BCUT2D eigenvalue weighted by molar-refractivity contribution is 0.546. The van der Waals surface area contributed by atoms with Crippen LogP contribution in [0.25, 0.3) is 10.6 Å². The zero-order valence-electron chi connectivity index (χ0n) is 12.3. The van der Waals surface area contributed by atoms with Crippen LogP contribution < -0.4 is 5.32 Å². The summed E-state index contributed by atoms with van der Waals surface area (Å²) in [7, 11) is 0. The number of nitrogens with one attached hydrogen (secondary N) is 1. The van der Waals surface area contributed by atoms with E-state index in [2.05, 4.69) is 38.0 Å². The zero-order valence-corrected chi connectivity index (χ0v) is 13.9. The van der Waals surface area contributed by atoms with E-state index in [1.165, 1.54) is 0 Å². The van der Waals surface area contributed by atoms with E-state index in [1.54, 1.807) is 11.3 Å². The standard InChI is InChI=1S/C15H20ClN3S/c1-5-7-17-12-9-11(13-10(16)6-8-20-13)18-14(19-12)15(2,3)4/h6,8-9H,5,7H2,1-4H3,(H,17,18,19). The van der Waals surface area contributed by atoms with E-state index in [4.69, 9.17) is 16.6 Å². The fraction of sp³-hybridized carbons (Fsp3) is 0.467. The summed E-state index contributed by atoms with van der Waals surface area (Å²) in [6, 6.07) is 3.88. The molecular weight excluding hydrogens is 290 g/mol. The maximum Gasteiger partial charge on any atom is 0.136 e. The Balaban J connectivity index is 2.48. The molecule has 0 aliphatic rings. The summed E-state index contributed by atoms with van der Waals surface area (Å²) >= 11 is 7.83. The molecule has 0 atom stereocenters. The molecule has 3 nitrogen and oxygen atoms in total. The molecular formula is C15H20ClN3S. The van der Waals surface area contributed by atoms with Gasteiger partial charge in [0.25, 0.3) is 0 Å². The molecule has 1 N–H and O–H groups in total. The van der Waals surface area contributed by atoms with Crippen LogP contribution in [-0.2, 0) is 5.41 Å². The van der Waals surface area contributed by atoms with Crippen molar-refractivity contribution in [2.24, 2.45) is 0 Å². The minimum atomic E-state index is -0.0949. The van der Waals surface area contributed by atoms with Crippen molar-refractivity contribution >= 4 is 28.8 Å². The van der Waals surface area contributed by atoms with Crippen LogP contribution in [-0.4, -0.2) is 16.5 Å². The number of hydrogen-bond acceptors (Lipinski definition) is 4. The van der Waals surface area contributed by atoms with Gasteiger partial charge in [0.1, 0.15) is 11.6 Å². The molecule has 0 radical (unpaired) electrons. The molecule has 108 valence electrons. The second kappa shape index (κ2) is 6.10. The van der Waals surface area contributed by atoms with Crippen LogP contribution in [0.15, 0.2) is 17.5 Å². The lowest BCUT2D eigenvalue weighted by Gasteiger charge is -2.18. The van der Waals surface area contributed by atoms with Crippen molar-refractivity contribution < 1.29 is 0 Å². The summed E-state index contributed by atoms with van der Waals surface area (Å²) in [6.07, 6.45) is 1.06. The van der Waals surface area contributed by atoms with Gasteiger partial charge < -0.3 is 5.32 Å². The molecule has 0 bridgehead atoms. The zero-order chi connectivity index (χ0) is 14.8. The van der Waals surface area contributed by atoms with E-state index < -0.39 is 0 Å². The smallest absolute Gasteiger partial charge is 0.136 e.